The molecule has 3 nitrogen and oxygen atoms in total. The summed E-state index contributed by atoms with van der Waals surface area (Å²) in [4.78, 5) is 0. The van der Waals surface area contributed by atoms with Crippen molar-refractivity contribution in [2.24, 2.45) is 7.05 Å². The molecule has 3 heteroatoms. The highest BCUT2D eigenvalue weighted by atomic mass is 15.3. The summed E-state index contributed by atoms with van der Waals surface area (Å²) >= 11 is 0. The largest absolute Gasteiger partial charge is 0.308 e. The first-order valence-electron chi connectivity index (χ1n) is 7.11. The summed E-state index contributed by atoms with van der Waals surface area (Å²) in [5.74, 6) is 0. The minimum atomic E-state index is 0.106. The maximum absolute atomic E-state index is 4.66. The quantitative estimate of drug-likeness (QED) is 0.924. The van der Waals surface area contributed by atoms with Crippen LogP contribution in [0.25, 0.3) is 11.3 Å². The van der Waals surface area contributed by atoms with Crippen molar-refractivity contribution < 1.29 is 0 Å². The number of nitrogens with zero attached hydrogens (tertiary/aromatic N) is 2. The second kappa shape index (κ2) is 5.41. The van der Waals surface area contributed by atoms with Gasteiger partial charge in [0.15, 0.2) is 0 Å². The number of nitrogens with one attached hydrogen (secondary N) is 1. The molecule has 2 rings (SSSR count). The first-order chi connectivity index (χ1) is 9.26. The van der Waals surface area contributed by atoms with Crippen LogP contribution in [0.3, 0.4) is 0 Å². The summed E-state index contributed by atoms with van der Waals surface area (Å²) in [6.07, 6.45) is 2.11. The van der Waals surface area contributed by atoms with Crippen molar-refractivity contribution in [2.45, 2.75) is 46.7 Å². The molecule has 0 aliphatic heterocycles. The minimum Gasteiger partial charge on any atom is -0.308 e. The second-order valence-electron chi connectivity index (χ2n) is 6.60. The van der Waals surface area contributed by atoms with Crippen molar-refractivity contribution in [3.8, 4) is 11.3 Å². The Kier molecular flexibility index (Phi) is 4.00. The third-order valence-corrected chi connectivity index (χ3v) is 3.36. The average molecular weight is 271 g/mol. The second-order valence-corrected chi connectivity index (χ2v) is 6.60. The third kappa shape index (κ3) is 3.48. The van der Waals surface area contributed by atoms with E-state index in [4.69, 9.17) is 0 Å². The van der Waals surface area contributed by atoms with Crippen LogP contribution in [-0.2, 0) is 13.6 Å². The molecule has 1 N–H and O–H groups in total. The zero-order valence-corrected chi connectivity index (χ0v) is 13.4. The van der Waals surface area contributed by atoms with Crippen LogP contribution in [0.5, 0.6) is 0 Å². The van der Waals surface area contributed by atoms with Crippen LogP contribution >= 0.6 is 0 Å². The fourth-order valence-electron chi connectivity index (χ4n) is 2.25. The maximum atomic E-state index is 4.66. The number of hydrogen-bond donors (Lipinski definition) is 1. The lowest BCUT2D eigenvalue weighted by Gasteiger charge is -2.20. The molecule has 1 aromatic carbocycles. The Balaban J connectivity index is 2.39. The van der Waals surface area contributed by atoms with E-state index in [0.717, 1.165) is 12.2 Å². The van der Waals surface area contributed by atoms with Crippen molar-refractivity contribution >= 4 is 0 Å². The van der Waals surface area contributed by atoms with Gasteiger partial charge in [-0.15, -0.1) is 0 Å². The van der Waals surface area contributed by atoms with E-state index in [1.165, 1.54) is 22.3 Å². The lowest BCUT2D eigenvalue weighted by atomic mass is 10.00. The Labute approximate surface area is 122 Å². The first-order valence-corrected chi connectivity index (χ1v) is 7.11. The third-order valence-electron chi connectivity index (χ3n) is 3.36. The van der Waals surface area contributed by atoms with Crippen molar-refractivity contribution in [3.63, 3.8) is 0 Å². The molecule has 0 aliphatic carbocycles. The number of aromatic nitrogens is 2. The molecule has 0 radical (unpaired) electrons. The van der Waals surface area contributed by atoms with Crippen LogP contribution < -0.4 is 5.32 Å². The summed E-state index contributed by atoms with van der Waals surface area (Å²) in [5, 5.41) is 8.20. The molecule has 2 aromatic rings. The van der Waals surface area contributed by atoms with Gasteiger partial charge in [-0.05, 0) is 46.2 Å². The van der Waals surface area contributed by atoms with E-state index in [1.807, 2.05) is 11.7 Å². The summed E-state index contributed by atoms with van der Waals surface area (Å²) in [6, 6.07) is 6.54. The predicted molar refractivity (Wildman–Crippen MR) is 84.7 cm³/mol. The van der Waals surface area contributed by atoms with Gasteiger partial charge >= 0.3 is 0 Å². The molecule has 20 heavy (non-hydrogen) atoms. The fourth-order valence-corrected chi connectivity index (χ4v) is 2.25. The van der Waals surface area contributed by atoms with Gasteiger partial charge in [0.25, 0.3) is 0 Å². The molecule has 0 amide bonds. The summed E-state index contributed by atoms with van der Waals surface area (Å²) in [7, 11) is 1.98. The van der Waals surface area contributed by atoms with Crippen LogP contribution in [0, 0.1) is 13.8 Å². The molecule has 0 unspecified atom stereocenters. The smallest absolute Gasteiger partial charge is 0.0970 e. The van der Waals surface area contributed by atoms with E-state index in [1.54, 1.807) is 0 Å². The minimum absolute atomic E-state index is 0.106. The zero-order chi connectivity index (χ0) is 14.9. The fraction of sp³-hybridized carbons (Fsp3) is 0.471. The van der Waals surface area contributed by atoms with Gasteiger partial charge in [-0.2, -0.15) is 5.10 Å². The highest BCUT2D eigenvalue weighted by Crippen LogP contribution is 2.26. The van der Waals surface area contributed by atoms with Gasteiger partial charge in [0.1, 0.15) is 0 Å². The number of benzene rings is 1. The predicted octanol–water partition coefficient (Wildman–Crippen LogP) is 3.59. The average Bonchev–Trinajstić information content (AvgIpc) is 2.70. The lowest BCUT2D eigenvalue weighted by Crippen LogP contribution is -2.35. The van der Waals surface area contributed by atoms with Crippen molar-refractivity contribution in [1.29, 1.82) is 0 Å². The number of rotatable bonds is 3. The molecule has 0 bridgehead atoms. The molecule has 0 fully saturated rings. The molecule has 108 valence electrons. The topological polar surface area (TPSA) is 29.9 Å². The van der Waals surface area contributed by atoms with Crippen LogP contribution in [0.2, 0.25) is 0 Å². The van der Waals surface area contributed by atoms with E-state index in [-0.39, 0.29) is 5.54 Å². The molecule has 0 aliphatic rings. The highest BCUT2D eigenvalue weighted by Gasteiger charge is 2.15. The van der Waals surface area contributed by atoms with Gasteiger partial charge in [0.2, 0.25) is 0 Å². The SMILES string of the molecule is Cc1ccc(C)c(-c2nn(C)cc2CNC(C)(C)C)c1. The van der Waals surface area contributed by atoms with Crippen LogP contribution in [0.1, 0.15) is 37.5 Å². The summed E-state index contributed by atoms with van der Waals surface area (Å²) in [5.41, 5.74) is 6.21. The van der Waals surface area contributed by atoms with Crippen molar-refractivity contribution in [2.75, 3.05) is 0 Å². The lowest BCUT2D eigenvalue weighted by molar-refractivity contribution is 0.424. The van der Waals surface area contributed by atoms with Gasteiger partial charge < -0.3 is 5.32 Å². The van der Waals surface area contributed by atoms with Gasteiger partial charge in [-0.1, -0.05) is 17.7 Å². The molecular formula is C17H25N3. The van der Waals surface area contributed by atoms with E-state index >= 15 is 0 Å². The Hall–Kier alpha value is -1.61. The number of hydrogen-bond acceptors (Lipinski definition) is 2. The molecule has 0 saturated heterocycles. The Morgan fingerprint density at radius 1 is 1.20 bits per heavy atom. The number of aryl methyl sites for hydroxylation is 3. The Bertz CT molecular complexity index is 603. The molecule has 0 spiro atoms. The van der Waals surface area contributed by atoms with E-state index in [9.17, 15) is 0 Å². The normalized spacial score (nSPS) is 11.9. The van der Waals surface area contributed by atoms with Gasteiger partial charge in [0, 0.05) is 36.5 Å². The highest BCUT2D eigenvalue weighted by molar-refractivity contribution is 5.67. The first kappa shape index (κ1) is 14.8. The summed E-state index contributed by atoms with van der Waals surface area (Å²) in [6.45, 7) is 11.6. The Morgan fingerprint density at radius 2 is 1.90 bits per heavy atom. The standard InChI is InChI=1S/C17H25N3/c1-12-7-8-13(2)15(9-12)16-14(11-20(6)19-16)10-18-17(3,4)5/h7-9,11,18H,10H2,1-6H3. The van der Waals surface area contributed by atoms with Crippen LogP contribution in [0.4, 0.5) is 0 Å². The molecule has 1 heterocycles. The molecule has 0 saturated carbocycles. The van der Waals surface area contributed by atoms with E-state index in [2.05, 4.69) is 69.4 Å². The van der Waals surface area contributed by atoms with Crippen molar-refractivity contribution in [3.05, 3.63) is 41.1 Å². The van der Waals surface area contributed by atoms with Crippen LogP contribution in [0.15, 0.2) is 24.4 Å². The summed E-state index contributed by atoms with van der Waals surface area (Å²) < 4.78 is 1.90. The van der Waals surface area contributed by atoms with E-state index < -0.39 is 0 Å². The monoisotopic (exact) mass is 271 g/mol. The van der Waals surface area contributed by atoms with Gasteiger partial charge in [-0.3, -0.25) is 4.68 Å². The van der Waals surface area contributed by atoms with E-state index in [0.29, 0.717) is 0 Å². The van der Waals surface area contributed by atoms with Crippen molar-refractivity contribution in [1.82, 2.24) is 15.1 Å². The molecule has 1 aromatic heterocycles. The van der Waals surface area contributed by atoms with Gasteiger partial charge in [-0.25, -0.2) is 0 Å². The zero-order valence-electron chi connectivity index (χ0n) is 13.4. The molecular weight excluding hydrogens is 246 g/mol. The maximum Gasteiger partial charge on any atom is 0.0970 e. The molecule has 0 atom stereocenters. The Morgan fingerprint density at radius 3 is 2.55 bits per heavy atom. The van der Waals surface area contributed by atoms with Gasteiger partial charge in [0.05, 0.1) is 5.69 Å². The van der Waals surface area contributed by atoms with Crippen LogP contribution in [-0.4, -0.2) is 15.3 Å².